The van der Waals surface area contributed by atoms with Gasteiger partial charge in [0.25, 0.3) is 0 Å². The lowest BCUT2D eigenvalue weighted by molar-refractivity contribution is 0.0597. The largest absolute Gasteiger partial charge is 0.465 e. The maximum atomic E-state index is 11.9. The molecule has 116 valence electrons. The summed E-state index contributed by atoms with van der Waals surface area (Å²) < 4.78 is 4.85. The summed E-state index contributed by atoms with van der Waals surface area (Å²) in [7, 11) is 1.38. The number of benzene rings is 3. The Kier molecular flexibility index (Phi) is 4.65. The molecule has 3 aromatic carbocycles. The van der Waals surface area contributed by atoms with Crippen LogP contribution in [0.3, 0.4) is 0 Å². The lowest BCUT2D eigenvalue weighted by atomic mass is 10.1. The van der Waals surface area contributed by atoms with E-state index in [1.54, 1.807) is 6.07 Å². The molecule has 0 aliphatic carbocycles. The standard InChI is InChI=1S/C19H16O3S/c1-22-19(21)15-9-2-3-10-16(15)23-17-11-5-7-13-6-4-8-14(12-20)18(13)17/h2-11,20H,12H2,1H3. The van der Waals surface area contributed by atoms with E-state index >= 15 is 0 Å². The van der Waals surface area contributed by atoms with Gasteiger partial charge < -0.3 is 9.84 Å². The Balaban J connectivity index is 2.11. The van der Waals surface area contributed by atoms with E-state index in [9.17, 15) is 9.90 Å². The van der Waals surface area contributed by atoms with Gasteiger partial charge in [-0.25, -0.2) is 4.79 Å². The highest BCUT2D eigenvalue weighted by molar-refractivity contribution is 7.99. The molecule has 1 N–H and O–H groups in total. The van der Waals surface area contributed by atoms with E-state index in [1.807, 2.05) is 54.6 Å². The molecule has 0 amide bonds. The monoisotopic (exact) mass is 324 g/mol. The van der Waals surface area contributed by atoms with Gasteiger partial charge in [0.15, 0.2) is 0 Å². The Morgan fingerprint density at radius 3 is 2.43 bits per heavy atom. The number of hydrogen-bond acceptors (Lipinski definition) is 4. The fourth-order valence-corrected chi connectivity index (χ4v) is 3.69. The summed E-state index contributed by atoms with van der Waals surface area (Å²) in [5, 5.41) is 11.7. The highest BCUT2D eigenvalue weighted by atomic mass is 32.2. The highest BCUT2D eigenvalue weighted by Crippen LogP contribution is 2.37. The summed E-state index contributed by atoms with van der Waals surface area (Å²) in [4.78, 5) is 13.8. The fourth-order valence-electron chi connectivity index (χ4n) is 2.55. The van der Waals surface area contributed by atoms with Crippen LogP contribution in [0.5, 0.6) is 0 Å². The maximum Gasteiger partial charge on any atom is 0.339 e. The van der Waals surface area contributed by atoms with Crippen LogP contribution < -0.4 is 0 Å². The zero-order valence-corrected chi connectivity index (χ0v) is 13.5. The lowest BCUT2D eigenvalue weighted by Gasteiger charge is -2.12. The summed E-state index contributed by atoms with van der Waals surface area (Å²) in [6.07, 6.45) is 0. The molecular formula is C19H16O3S. The van der Waals surface area contributed by atoms with Crippen molar-refractivity contribution in [3.05, 3.63) is 71.8 Å². The molecule has 4 heteroatoms. The van der Waals surface area contributed by atoms with E-state index in [0.29, 0.717) is 5.56 Å². The molecule has 0 fully saturated rings. The van der Waals surface area contributed by atoms with Crippen molar-refractivity contribution in [2.24, 2.45) is 0 Å². The van der Waals surface area contributed by atoms with Gasteiger partial charge in [-0.05, 0) is 29.1 Å². The number of esters is 1. The molecule has 0 aliphatic rings. The molecule has 23 heavy (non-hydrogen) atoms. The highest BCUT2D eigenvalue weighted by Gasteiger charge is 2.14. The molecule has 0 spiro atoms. The van der Waals surface area contributed by atoms with E-state index in [0.717, 1.165) is 26.1 Å². The van der Waals surface area contributed by atoms with Crippen molar-refractivity contribution in [1.29, 1.82) is 0 Å². The van der Waals surface area contributed by atoms with Crippen LogP contribution >= 0.6 is 11.8 Å². The van der Waals surface area contributed by atoms with Gasteiger partial charge in [-0.1, -0.05) is 54.2 Å². The average Bonchev–Trinajstić information content (AvgIpc) is 2.61. The molecule has 3 rings (SSSR count). The molecule has 3 nitrogen and oxygen atoms in total. The van der Waals surface area contributed by atoms with Gasteiger partial charge in [0, 0.05) is 15.2 Å². The first-order valence-electron chi connectivity index (χ1n) is 7.21. The number of carbonyl (C=O) groups excluding carboxylic acids is 1. The van der Waals surface area contributed by atoms with Crippen LogP contribution in [0.1, 0.15) is 15.9 Å². The minimum atomic E-state index is -0.351. The van der Waals surface area contributed by atoms with Gasteiger partial charge >= 0.3 is 5.97 Å². The second kappa shape index (κ2) is 6.86. The molecule has 0 heterocycles. The van der Waals surface area contributed by atoms with Gasteiger partial charge in [0.2, 0.25) is 0 Å². The van der Waals surface area contributed by atoms with Crippen LogP contribution in [0.15, 0.2) is 70.5 Å². The van der Waals surface area contributed by atoms with Crippen molar-refractivity contribution >= 4 is 28.5 Å². The maximum absolute atomic E-state index is 11.9. The van der Waals surface area contributed by atoms with Crippen LogP contribution in [0, 0.1) is 0 Å². The smallest absolute Gasteiger partial charge is 0.339 e. The van der Waals surface area contributed by atoms with E-state index in [-0.39, 0.29) is 12.6 Å². The first kappa shape index (κ1) is 15.6. The molecule has 0 bridgehead atoms. The van der Waals surface area contributed by atoms with Crippen molar-refractivity contribution in [2.75, 3.05) is 7.11 Å². The first-order valence-corrected chi connectivity index (χ1v) is 8.03. The van der Waals surface area contributed by atoms with Crippen LogP contribution in [0.25, 0.3) is 10.8 Å². The summed E-state index contributed by atoms with van der Waals surface area (Å²) in [5.74, 6) is -0.351. The Labute approximate surface area is 138 Å². The van der Waals surface area contributed by atoms with Gasteiger partial charge in [0.05, 0.1) is 19.3 Å². The number of ether oxygens (including phenoxy) is 1. The summed E-state index contributed by atoms with van der Waals surface area (Å²) >= 11 is 1.50. The minimum Gasteiger partial charge on any atom is -0.465 e. The number of hydrogen-bond donors (Lipinski definition) is 1. The Morgan fingerprint density at radius 1 is 1.00 bits per heavy atom. The van der Waals surface area contributed by atoms with E-state index < -0.39 is 0 Å². The predicted octanol–water partition coefficient (Wildman–Crippen LogP) is 4.27. The molecule has 0 saturated heterocycles. The zero-order valence-electron chi connectivity index (χ0n) is 12.7. The molecule has 0 radical (unpaired) electrons. The second-order valence-electron chi connectivity index (χ2n) is 5.02. The van der Waals surface area contributed by atoms with E-state index in [1.165, 1.54) is 18.9 Å². The van der Waals surface area contributed by atoms with Gasteiger partial charge in [-0.2, -0.15) is 0 Å². The van der Waals surface area contributed by atoms with Crippen LogP contribution in [-0.4, -0.2) is 18.2 Å². The third-order valence-electron chi connectivity index (χ3n) is 3.64. The summed E-state index contributed by atoms with van der Waals surface area (Å²) in [6.45, 7) is -0.0203. The molecular weight excluding hydrogens is 308 g/mol. The lowest BCUT2D eigenvalue weighted by Crippen LogP contribution is -2.02. The number of carbonyl (C=O) groups is 1. The van der Waals surface area contributed by atoms with E-state index in [2.05, 4.69) is 0 Å². The van der Waals surface area contributed by atoms with Gasteiger partial charge in [0.1, 0.15) is 0 Å². The van der Waals surface area contributed by atoms with Crippen LogP contribution in [-0.2, 0) is 11.3 Å². The third-order valence-corrected chi connectivity index (χ3v) is 4.77. The van der Waals surface area contributed by atoms with Gasteiger partial charge in [-0.3, -0.25) is 0 Å². The topological polar surface area (TPSA) is 46.5 Å². The second-order valence-corrected chi connectivity index (χ2v) is 6.10. The number of aliphatic hydroxyl groups is 1. The van der Waals surface area contributed by atoms with Crippen molar-refractivity contribution in [1.82, 2.24) is 0 Å². The van der Waals surface area contributed by atoms with Crippen LogP contribution in [0.4, 0.5) is 0 Å². The van der Waals surface area contributed by atoms with Crippen molar-refractivity contribution in [3.63, 3.8) is 0 Å². The Morgan fingerprint density at radius 2 is 1.70 bits per heavy atom. The molecule has 0 atom stereocenters. The number of rotatable bonds is 4. The number of fused-ring (bicyclic) bond motifs is 1. The number of methoxy groups -OCH3 is 1. The summed E-state index contributed by atoms with van der Waals surface area (Å²) in [6, 6.07) is 19.2. The molecule has 0 aliphatic heterocycles. The third kappa shape index (κ3) is 3.09. The van der Waals surface area contributed by atoms with Crippen molar-refractivity contribution in [2.45, 2.75) is 16.4 Å². The number of aliphatic hydroxyl groups excluding tert-OH is 1. The minimum absolute atomic E-state index is 0.0203. The SMILES string of the molecule is COC(=O)c1ccccc1Sc1cccc2cccc(CO)c12. The fraction of sp³-hybridized carbons (Fsp3) is 0.105. The molecule has 0 aromatic heterocycles. The molecule has 0 saturated carbocycles. The zero-order chi connectivity index (χ0) is 16.2. The first-order chi connectivity index (χ1) is 11.2. The van der Waals surface area contributed by atoms with E-state index in [4.69, 9.17) is 4.74 Å². The molecule has 0 unspecified atom stereocenters. The Bertz CT molecular complexity index is 853. The van der Waals surface area contributed by atoms with Crippen LogP contribution in [0.2, 0.25) is 0 Å². The quantitative estimate of drug-likeness (QED) is 0.728. The summed E-state index contributed by atoms with van der Waals surface area (Å²) in [5.41, 5.74) is 1.42. The average molecular weight is 324 g/mol. The predicted molar refractivity (Wildman–Crippen MR) is 91.8 cm³/mol. The Hall–Kier alpha value is -2.30. The molecule has 3 aromatic rings. The normalized spacial score (nSPS) is 10.7. The van der Waals surface area contributed by atoms with Gasteiger partial charge in [-0.15, -0.1) is 0 Å². The van der Waals surface area contributed by atoms with Crippen molar-refractivity contribution < 1.29 is 14.6 Å². The van der Waals surface area contributed by atoms with Crippen molar-refractivity contribution in [3.8, 4) is 0 Å².